The summed E-state index contributed by atoms with van der Waals surface area (Å²) in [5.74, 6) is 6.02. The number of halogens is 2. The Morgan fingerprint density at radius 1 is 0.425 bits per heavy atom. The van der Waals surface area contributed by atoms with Crippen LogP contribution in [-0.2, 0) is 69.4 Å². The molecule has 2 aliphatic carbocycles. The van der Waals surface area contributed by atoms with Gasteiger partial charge in [-0.3, -0.25) is 28.8 Å². The Morgan fingerprint density at radius 3 is 1.22 bits per heavy atom. The minimum atomic E-state index is -0.821. The lowest BCUT2D eigenvalue weighted by Crippen LogP contribution is -3.00. The van der Waals surface area contributed by atoms with Crippen LogP contribution in [0.4, 0.5) is 34.1 Å². The van der Waals surface area contributed by atoms with Crippen molar-refractivity contribution in [2.45, 2.75) is 191 Å². The molecule has 4 heterocycles. The van der Waals surface area contributed by atoms with E-state index in [1.807, 2.05) is 107 Å². The van der Waals surface area contributed by atoms with E-state index >= 15 is 0 Å². The summed E-state index contributed by atoms with van der Waals surface area (Å²) in [6.07, 6.45) is 35.7. The Kier molecular flexibility index (Phi) is 42.8. The number of para-hydroxylation sites is 4. The molecule has 0 spiro atoms. The van der Waals surface area contributed by atoms with E-state index in [9.17, 15) is 39.0 Å². The predicted octanol–water partition coefficient (Wildman–Crippen LogP) is 17.4. The number of nitrogens with one attached hydrogen (secondary N) is 2. The zero-order valence-corrected chi connectivity index (χ0v) is 88.0. The summed E-state index contributed by atoms with van der Waals surface area (Å²) >= 11 is 11.2. The summed E-state index contributed by atoms with van der Waals surface area (Å²) < 4.78 is 38.8. The van der Waals surface area contributed by atoms with Gasteiger partial charge in [-0.25, -0.2) is 0 Å². The van der Waals surface area contributed by atoms with Crippen molar-refractivity contribution in [2.24, 2.45) is 0 Å². The number of carbonyl (C=O) groups excluding carboxylic acids is 4. The number of hydrogen-bond donors (Lipinski definition) is 4. The van der Waals surface area contributed by atoms with Crippen molar-refractivity contribution in [3.8, 4) is 11.5 Å². The number of aliphatic carboxylic acids is 2. The smallest absolute Gasteiger partial charge is 0.315 e. The SMILES string of the molecule is CSCCCNc1ccc(OC2=C(/C=C/C3=[N+](CCC(=O)O)c4ccccc4C3(C)C)CCC/C2=C\C=C2\N(CCC(=O)O)c3ccccc3C2(C)C)cc1SCCCSC.CSCCCNc1ccc(OC2=C(/C=C/C3=[N+](CCC(=O)OCOC(C)=O)c4ccccc4C3(C)C)CCC/C2=C\C=C2\N(CCC(=O)OCOC(C)=O)c3ccccc3C2(C)C)cc1SCCCSC.[Br-].[Br-]. The van der Waals surface area contributed by atoms with Gasteiger partial charge in [-0.15, -0.1) is 23.5 Å². The first-order valence-corrected chi connectivity index (χ1v) is 53.3. The first-order valence-electron chi connectivity index (χ1n) is 45.8. The fourth-order valence-corrected chi connectivity index (χ4v) is 21.9. The molecule has 6 aromatic rings. The molecule has 12 rings (SSSR count). The summed E-state index contributed by atoms with van der Waals surface area (Å²) in [5.41, 5.74) is 18.0. The first kappa shape index (κ1) is 109. The highest BCUT2D eigenvalue weighted by Gasteiger charge is 2.47. The lowest BCUT2D eigenvalue weighted by atomic mass is 9.81. The third-order valence-corrected chi connectivity index (χ3v) is 29.7. The highest BCUT2D eigenvalue weighted by atomic mass is 79.9. The van der Waals surface area contributed by atoms with Gasteiger partial charge in [-0.05, 0) is 258 Å². The number of fused-ring (bicyclic) bond motifs is 4. The number of ether oxygens (including phenoxy) is 6. The number of hydrogen-bond acceptors (Lipinski definition) is 22. The van der Waals surface area contributed by atoms with E-state index < -0.39 is 60.2 Å². The van der Waals surface area contributed by atoms with Crippen molar-refractivity contribution in [2.75, 3.05) is 133 Å². The minimum absolute atomic E-state index is 0. The van der Waals surface area contributed by atoms with Crippen molar-refractivity contribution in [1.29, 1.82) is 0 Å². The zero-order valence-electron chi connectivity index (χ0n) is 79.9. The third kappa shape index (κ3) is 28.7. The normalized spacial score (nSPS) is 17.1. The van der Waals surface area contributed by atoms with Crippen molar-refractivity contribution >= 4 is 152 Å². The number of esters is 4. The van der Waals surface area contributed by atoms with Crippen LogP contribution in [0.25, 0.3) is 0 Å². The van der Waals surface area contributed by atoms with Crippen LogP contribution in [0.2, 0.25) is 0 Å². The number of allylic oxidation sites excluding steroid dienone is 14. The van der Waals surface area contributed by atoms with Crippen molar-refractivity contribution in [3.63, 3.8) is 0 Å². The van der Waals surface area contributed by atoms with Gasteiger partial charge < -0.3 is 93.0 Å². The lowest BCUT2D eigenvalue weighted by Gasteiger charge is -2.27. The number of thioether (sulfide) groups is 6. The largest absolute Gasteiger partial charge is 1.00 e. The van der Waals surface area contributed by atoms with Gasteiger partial charge in [0, 0.05) is 130 Å². The monoisotopic (exact) mass is 2060 g/mol. The fourth-order valence-electron chi connectivity index (χ4n) is 17.8. The van der Waals surface area contributed by atoms with Crippen molar-refractivity contribution < 1.29 is 111 Å². The van der Waals surface area contributed by atoms with Gasteiger partial charge in [0.25, 0.3) is 0 Å². The topological polar surface area (TPSA) is 235 Å². The second kappa shape index (κ2) is 52.7. The van der Waals surface area contributed by atoms with Crippen LogP contribution in [0.5, 0.6) is 11.5 Å². The van der Waals surface area contributed by atoms with Crippen LogP contribution in [0.1, 0.15) is 181 Å². The summed E-state index contributed by atoms with van der Waals surface area (Å²) in [7, 11) is 0. The number of anilines is 4. The number of carboxylic acids is 2. The number of nitrogens with zero attached hydrogens (tertiary/aromatic N) is 4. The maximum atomic E-state index is 12.9. The third-order valence-electron chi connectivity index (χ3n) is 24.6. The molecule has 20 nitrogen and oxygen atoms in total. The molecule has 0 atom stereocenters. The van der Waals surface area contributed by atoms with Crippen LogP contribution in [0.3, 0.4) is 0 Å². The molecule has 134 heavy (non-hydrogen) atoms. The second-order valence-electron chi connectivity index (χ2n) is 35.3. The molecule has 0 saturated carbocycles. The summed E-state index contributed by atoms with van der Waals surface area (Å²) in [5, 5.41) is 26.8. The molecule has 28 heteroatoms. The Hall–Kier alpha value is -8.74. The van der Waals surface area contributed by atoms with Crippen LogP contribution in [0.15, 0.2) is 237 Å². The highest BCUT2D eigenvalue weighted by Crippen LogP contribution is 2.51. The molecule has 6 aromatic carbocycles. The van der Waals surface area contributed by atoms with E-state index in [2.05, 4.69) is 256 Å². The van der Waals surface area contributed by atoms with E-state index in [0.29, 0.717) is 26.2 Å². The molecular weight excluding hydrogens is 1930 g/mol. The average Bonchev–Trinajstić information content (AvgIpc) is 1.61. The van der Waals surface area contributed by atoms with Gasteiger partial charge in [-0.2, -0.15) is 56.2 Å². The summed E-state index contributed by atoms with van der Waals surface area (Å²) in [6.45, 7) is 22.7. The van der Waals surface area contributed by atoms with E-state index in [-0.39, 0.29) is 70.5 Å². The molecule has 4 N–H and O–H groups in total. The average molecular weight is 2070 g/mol. The molecule has 6 aliphatic rings. The Bertz CT molecular complexity index is 5470. The molecule has 0 bridgehead atoms. The molecule has 720 valence electrons. The van der Waals surface area contributed by atoms with Crippen LogP contribution >= 0.6 is 70.6 Å². The predicted molar refractivity (Wildman–Crippen MR) is 548 cm³/mol. The van der Waals surface area contributed by atoms with Gasteiger partial charge in [-0.1, -0.05) is 113 Å². The molecule has 0 aromatic heterocycles. The molecule has 0 radical (unpaired) electrons. The highest BCUT2D eigenvalue weighted by molar-refractivity contribution is 8.00. The van der Waals surface area contributed by atoms with Crippen LogP contribution in [-0.4, -0.2) is 179 Å². The minimum Gasteiger partial charge on any atom is -1.00 e. The number of carbonyl (C=O) groups is 6. The maximum absolute atomic E-state index is 12.9. The summed E-state index contributed by atoms with van der Waals surface area (Å²) in [4.78, 5) is 78.8. The zero-order chi connectivity index (χ0) is 94.5. The van der Waals surface area contributed by atoms with E-state index in [0.717, 1.165) is 230 Å². The molecule has 0 saturated heterocycles. The van der Waals surface area contributed by atoms with Gasteiger partial charge in [0.15, 0.2) is 24.5 Å². The van der Waals surface area contributed by atoms with Crippen LogP contribution in [0, 0.1) is 0 Å². The molecular formula is C106H132Br2N6O14S6. The number of rotatable bonds is 46. The molecule has 4 aliphatic heterocycles. The standard InChI is InChI=1S/C56H70N3O9S3.C50H61N3O5S3.2BrH/c1-39(60)64-37-66-52(62)28-31-58-47-20-11-9-18-44(47)55(3,4)50(58)26-22-41-16-13-17-42(54(41)68-43-24-25-46(57-30-14-33-69-7)49(36-43)71-35-15-34-70-8)23-27-51-56(5,6)45-19-10-12-21-48(45)59(51)32-29-53(63)67-38-65-40(2)61;1-49(2)38-16-7-9-18-41(38)52(29-26-46(54)55)44(49)24-20-35-14-11-15-36(21-25-45-50(3,4)39-17-8-10-19-42(39)53(45)30-27-47(56)57)48(35)58-37-22-23-40(51-28-12-31-59-5)43(34-37)61-33-13-32-60-6;;/h9-12,18-27,36,57H,13-17,28-35,37-38H2,1-8H3;7-10,16-25,34,51H,11-15,26-33H2,1-6H3,(H-,54,55,56,57);2*1H/q+1;;;/p-1. The van der Waals surface area contributed by atoms with Gasteiger partial charge in [0.05, 0.1) is 23.7 Å². The van der Waals surface area contributed by atoms with E-state index in [4.69, 9.17) is 28.4 Å². The number of carboxylic acid groups (broad SMARTS) is 2. The molecule has 0 fully saturated rings. The number of benzene rings is 6. The first-order chi connectivity index (χ1) is 63.5. The second-order valence-corrected chi connectivity index (χ2v) is 41.5. The Balaban J connectivity index is 0.000000300. The quantitative estimate of drug-likeness (QED) is 0.00914. The van der Waals surface area contributed by atoms with Gasteiger partial charge >= 0.3 is 35.8 Å². The fraction of sp³-hybridized carbons (Fsp3) is 0.434. The summed E-state index contributed by atoms with van der Waals surface area (Å²) in [6, 6.07) is 46.0. The Labute approximate surface area is 840 Å². The van der Waals surface area contributed by atoms with Gasteiger partial charge in [0.1, 0.15) is 35.9 Å². The van der Waals surface area contributed by atoms with Crippen molar-refractivity contribution in [1.82, 2.24) is 0 Å². The maximum Gasteiger partial charge on any atom is 0.315 e. The lowest BCUT2D eigenvalue weighted by molar-refractivity contribution is -0.437. The van der Waals surface area contributed by atoms with E-state index in [1.165, 1.54) is 29.9 Å². The molecule has 0 unspecified atom stereocenters. The van der Waals surface area contributed by atoms with Crippen LogP contribution < -0.4 is 63.9 Å². The van der Waals surface area contributed by atoms with Crippen molar-refractivity contribution in [3.05, 3.63) is 250 Å². The molecule has 0 amide bonds. The van der Waals surface area contributed by atoms with E-state index in [1.54, 1.807) is 0 Å². The van der Waals surface area contributed by atoms with Gasteiger partial charge in [0.2, 0.25) is 25.0 Å². The Morgan fingerprint density at radius 2 is 0.806 bits per heavy atom.